The lowest BCUT2D eigenvalue weighted by Crippen LogP contribution is -2.24. The van der Waals surface area contributed by atoms with Crippen molar-refractivity contribution in [3.05, 3.63) is 23.8 Å². The zero-order chi connectivity index (χ0) is 13.4. The SMILES string of the molecule is CCc1ccc(OCCCNC(C)C)c(OC)c1. The van der Waals surface area contributed by atoms with Gasteiger partial charge in [-0.1, -0.05) is 26.8 Å². The molecule has 0 aliphatic carbocycles. The molecule has 0 aromatic heterocycles. The molecule has 3 heteroatoms. The first-order chi connectivity index (χ1) is 8.67. The quantitative estimate of drug-likeness (QED) is 0.720. The van der Waals surface area contributed by atoms with Crippen LogP contribution in [0.3, 0.4) is 0 Å². The molecule has 0 amide bonds. The van der Waals surface area contributed by atoms with Gasteiger partial charge >= 0.3 is 0 Å². The van der Waals surface area contributed by atoms with E-state index in [0.29, 0.717) is 12.6 Å². The van der Waals surface area contributed by atoms with E-state index in [4.69, 9.17) is 9.47 Å². The van der Waals surface area contributed by atoms with Crippen molar-refractivity contribution >= 4 is 0 Å². The highest BCUT2D eigenvalue weighted by Gasteiger charge is 2.04. The third-order valence-electron chi connectivity index (χ3n) is 2.77. The van der Waals surface area contributed by atoms with Gasteiger partial charge in [0.05, 0.1) is 13.7 Å². The van der Waals surface area contributed by atoms with Crippen LogP contribution in [0.1, 0.15) is 32.8 Å². The molecular formula is C15H25NO2. The van der Waals surface area contributed by atoms with Gasteiger partial charge < -0.3 is 14.8 Å². The number of rotatable bonds is 8. The Balaban J connectivity index is 2.41. The molecule has 0 saturated heterocycles. The summed E-state index contributed by atoms with van der Waals surface area (Å²) in [4.78, 5) is 0. The van der Waals surface area contributed by atoms with Crippen molar-refractivity contribution in [2.24, 2.45) is 0 Å². The monoisotopic (exact) mass is 251 g/mol. The van der Waals surface area contributed by atoms with Crippen LogP contribution in [-0.2, 0) is 6.42 Å². The molecular weight excluding hydrogens is 226 g/mol. The molecule has 0 fully saturated rings. The summed E-state index contributed by atoms with van der Waals surface area (Å²) in [6, 6.07) is 6.66. The molecule has 0 unspecified atom stereocenters. The topological polar surface area (TPSA) is 30.5 Å². The van der Waals surface area contributed by atoms with Crippen molar-refractivity contribution in [1.29, 1.82) is 0 Å². The Morgan fingerprint density at radius 3 is 2.61 bits per heavy atom. The fourth-order valence-corrected chi connectivity index (χ4v) is 1.70. The van der Waals surface area contributed by atoms with Crippen molar-refractivity contribution in [2.45, 2.75) is 39.7 Å². The van der Waals surface area contributed by atoms with Crippen LogP contribution in [0.25, 0.3) is 0 Å². The highest BCUT2D eigenvalue weighted by Crippen LogP contribution is 2.28. The molecule has 0 radical (unpaired) electrons. The second kappa shape index (κ2) is 7.98. The molecule has 3 nitrogen and oxygen atoms in total. The van der Waals surface area contributed by atoms with Crippen molar-refractivity contribution in [3.8, 4) is 11.5 Å². The van der Waals surface area contributed by atoms with Gasteiger partial charge in [0.15, 0.2) is 11.5 Å². The summed E-state index contributed by atoms with van der Waals surface area (Å²) in [6.07, 6.45) is 2.01. The number of hydrogen-bond donors (Lipinski definition) is 1. The maximum Gasteiger partial charge on any atom is 0.161 e. The molecule has 0 aliphatic rings. The van der Waals surface area contributed by atoms with Crippen LogP contribution in [0.4, 0.5) is 0 Å². The summed E-state index contributed by atoms with van der Waals surface area (Å²) in [5.74, 6) is 1.66. The predicted octanol–water partition coefficient (Wildman–Crippen LogP) is 3.02. The summed E-state index contributed by atoms with van der Waals surface area (Å²) in [5, 5.41) is 3.37. The third kappa shape index (κ3) is 4.96. The Labute approximate surface area is 110 Å². The van der Waals surface area contributed by atoms with Crippen molar-refractivity contribution in [1.82, 2.24) is 5.32 Å². The lowest BCUT2D eigenvalue weighted by molar-refractivity contribution is 0.286. The van der Waals surface area contributed by atoms with Crippen LogP contribution < -0.4 is 14.8 Å². The Morgan fingerprint density at radius 2 is 2.00 bits per heavy atom. The number of nitrogens with one attached hydrogen (secondary N) is 1. The van der Waals surface area contributed by atoms with Crippen LogP contribution >= 0.6 is 0 Å². The first kappa shape index (κ1) is 14.8. The van der Waals surface area contributed by atoms with Crippen LogP contribution in [0.5, 0.6) is 11.5 Å². The van der Waals surface area contributed by atoms with Crippen LogP contribution in [0, 0.1) is 0 Å². The number of hydrogen-bond acceptors (Lipinski definition) is 3. The van der Waals surface area contributed by atoms with E-state index < -0.39 is 0 Å². The number of benzene rings is 1. The van der Waals surface area contributed by atoms with Crippen molar-refractivity contribution in [3.63, 3.8) is 0 Å². The van der Waals surface area contributed by atoms with E-state index in [1.807, 2.05) is 12.1 Å². The first-order valence-electron chi connectivity index (χ1n) is 6.70. The van der Waals surface area contributed by atoms with Crippen LogP contribution in [0.15, 0.2) is 18.2 Å². The molecule has 1 rings (SSSR count). The fourth-order valence-electron chi connectivity index (χ4n) is 1.70. The van der Waals surface area contributed by atoms with Crippen molar-refractivity contribution < 1.29 is 9.47 Å². The largest absolute Gasteiger partial charge is 0.493 e. The highest BCUT2D eigenvalue weighted by atomic mass is 16.5. The van der Waals surface area contributed by atoms with Gasteiger partial charge in [0, 0.05) is 6.04 Å². The molecule has 1 aromatic rings. The summed E-state index contributed by atoms with van der Waals surface area (Å²) >= 11 is 0. The van der Waals surface area contributed by atoms with E-state index in [-0.39, 0.29) is 0 Å². The van der Waals surface area contributed by atoms with Crippen LogP contribution in [0.2, 0.25) is 0 Å². The maximum absolute atomic E-state index is 5.74. The molecule has 0 heterocycles. The predicted molar refractivity (Wildman–Crippen MR) is 75.6 cm³/mol. The molecule has 0 bridgehead atoms. The zero-order valence-electron chi connectivity index (χ0n) is 12.0. The minimum absolute atomic E-state index is 0.531. The van der Waals surface area contributed by atoms with Gasteiger partial charge in [-0.3, -0.25) is 0 Å². The standard InChI is InChI=1S/C15H25NO2/c1-5-13-7-8-14(15(11-13)17-4)18-10-6-9-16-12(2)3/h7-8,11-12,16H,5-6,9-10H2,1-4H3. The van der Waals surface area contributed by atoms with E-state index in [0.717, 1.165) is 30.9 Å². The van der Waals surface area contributed by atoms with E-state index >= 15 is 0 Å². The minimum Gasteiger partial charge on any atom is -0.493 e. The maximum atomic E-state index is 5.74. The molecule has 0 spiro atoms. The Bertz CT molecular complexity index is 350. The van der Waals surface area contributed by atoms with Gasteiger partial charge in [-0.05, 0) is 37.1 Å². The van der Waals surface area contributed by atoms with E-state index in [1.165, 1.54) is 5.56 Å². The smallest absolute Gasteiger partial charge is 0.161 e. The number of methoxy groups -OCH3 is 1. The summed E-state index contributed by atoms with van der Waals surface area (Å²) in [6.45, 7) is 8.11. The van der Waals surface area contributed by atoms with E-state index in [2.05, 4.69) is 32.2 Å². The second-order valence-electron chi connectivity index (χ2n) is 4.65. The van der Waals surface area contributed by atoms with Crippen LogP contribution in [-0.4, -0.2) is 26.3 Å². The highest BCUT2D eigenvalue weighted by molar-refractivity contribution is 5.42. The average molecular weight is 251 g/mol. The van der Waals surface area contributed by atoms with E-state index in [1.54, 1.807) is 7.11 Å². The average Bonchev–Trinajstić information content (AvgIpc) is 2.38. The Morgan fingerprint density at radius 1 is 1.22 bits per heavy atom. The third-order valence-corrected chi connectivity index (χ3v) is 2.77. The van der Waals surface area contributed by atoms with E-state index in [9.17, 15) is 0 Å². The molecule has 102 valence electrons. The van der Waals surface area contributed by atoms with Gasteiger partial charge in [0.2, 0.25) is 0 Å². The normalized spacial score (nSPS) is 10.7. The van der Waals surface area contributed by atoms with Gasteiger partial charge in [-0.25, -0.2) is 0 Å². The molecule has 18 heavy (non-hydrogen) atoms. The molecule has 0 atom stereocenters. The molecule has 0 aliphatic heterocycles. The lowest BCUT2D eigenvalue weighted by Gasteiger charge is -2.12. The summed E-state index contributed by atoms with van der Waals surface area (Å²) < 4.78 is 11.1. The lowest BCUT2D eigenvalue weighted by atomic mass is 10.1. The zero-order valence-corrected chi connectivity index (χ0v) is 12.0. The molecule has 1 aromatic carbocycles. The van der Waals surface area contributed by atoms with Gasteiger partial charge in [0.1, 0.15) is 0 Å². The molecule has 0 saturated carbocycles. The number of aryl methyl sites for hydroxylation is 1. The Kier molecular flexibility index (Phi) is 6.58. The molecule has 1 N–H and O–H groups in total. The van der Waals surface area contributed by atoms with Gasteiger partial charge in [-0.15, -0.1) is 0 Å². The summed E-state index contributed by atoms with van der Waals surface area (Å²) in [7, 11) is 1.68. The van der Waals surface area contributed by atoms with Crippen molar-refractivity contribution in [2.75, 3.05) is 20.3 Å². The van der Waals surface area contributed by atoms with Gasteiger partial charge in [0.25, 0.3) is 0 Å². The number of ether oxygens (including phenoxy) is 2. The fraction of sp³-hybridized carbons (Fsp3) is 0.600. The first-order valence-corrected chi connectivity index (χ1v) is 6.70. The van der Waals surface area contributed by atoms with Gasteiger partial charge in [-0.2, -0.15) is 0 Å². The summed E-state index contributed by atoms with van der Waals surface area (Å²) in [5.41, 5.74) is 1.26. The minimum atomic E-state index is 0.531. The Hall–Kier alpha value is -1.22. The second-order valence-corrected chi connectivity index (χ2v) is 4.65.